The molecule has 3 unspecified atom stereocenters. The number of hydrogen-bond donors (Lipinski definition) is 1. The highest BCUT2D eigenvalue weighted by Gasteiger charge is 2.30. The van der Waals surface area contributed by atoms with Gasteiger partial charge in [0.15, 0.2) is 0 Å². The Kier molecular flexibility index (Phi) is 2.97. The predicted octanol–water partition coefficient (Wildman–Crippen LogP) is 1.97. The minimum Gasteiger partial charge on any atom is -0.330 e. The van der Waals surface area contributed by atoms with Crippen LogP contribution in [0.25, 0.3) is 0 Å². The van der Waals surface area contributed by atoms with Gasteiger partial charge in [0.05, 0.1) is 0 Å². The van der Waals surface area contributed by atoms with Crippen LogP contribution in [-0.2, 0) is 0 Å². The summed E-state index contributed by atoms with van der Waals surface area (Å²) in [5, 5.41) is 0. The molecule has 0 aromatic carbocycles. The van der Waals surface area contributed by atoms with Gasteiger partial charge in [0.2, 0.25) is 0 Å². The minimum absolute atomic E-state index is 0. The van der Waals surface area contributed by atoms with Crippen molar-refractivity contribution in [2.24, 2.45) is 23.5 Å². The summed E-state index contributed by atoms with van der Waals surface area (Å²) in [5.74, 6) is 2.51. The standard InChI is InChI=1S/C9H15N.ClH/c10-6-9-5-7-1-3-8(9)4-2-7;/h1,3,7-9H,2,4-6,10H2;1H. The molecule has 0 spiro atoms. The van der Waals surface area contributed by atoms with Gasteiger partial charge in [-0.3, -0.25) is 0 Å². The summed E-state index contributed by atoms with van der Waals surface area (Å²) in [4.78, 5) is 0. The average Bonchev–Trinajstić information content (AvgIpc) is 2.06. The summed E-state index contributed by atoms with van der Waals surface area (Å²) < 4.78 is 0. The van der Waals surface area contributed by atoms with E-state index in [2.05, 4.69) is 12.2 Å². The topological polar surface area (TPSA) is 26.0 Å². The first kappa shape index (κ1) is 9.08. The van der Waals surface area contributed by atoms with Crippen LogP contribution in [0.5, 0.6) is 0 Å². The maximum Gasteiger partial charge on any atom is -0.00430 e. The van der Waals surface area contributed by atoms with Crippen molar-refractivity contribution in [2.45, 2.75) is 19.3 Å². The van der Waals surface area contributed by atoms with Gasteiger partial charge in [-0.25, -0.2) is 0 Å². The molecule has 0 radical (unpaired) electrons. The van der Waals surface area contributed by atoms with Crippen LogP contribution in [0, 0.1) is 17.8 Å². The molecule has 11 heavy (non-hydrogen) atoms. The highest BCUT2D eigenvalue weighted by molar-refractivity contribution is 5.85. The number of halogens is 1. The fourth-order valence-electron chi connectivity index (χ4n) is 2.32. The van der Waals surface area contributed by atoms with E-state index >= 15 is 0 Å². The average molecular weight is 174 g/mol. The Balaban J connectivity index is 0.000000605. The summed E-state index contributed by atoms with van der Waals surface area (Å²) in [5.41, 5.74) is 5.66. The summed E-state index contributed by atoms with van der Waals surface area (Å²) in [6.07, 6.45) is 8.94. The molecule has 0 amide bonds. The van der Waals surface area contributed by atoms with Crippen LogP contribution in [0.2, 0.25) is 0 Å². The lowest BCUT2D eigenvalue weighted by Gasteiger charge is -2.37. The number of hydrogen-bond acceptors (Lipinski definition) is 1. The molecular formula is C9H16ClN. The maximum atomic E-state index is 5.66. The molecule has 0 aromatic rings. The number of nitrogens with two attached hydrogens (primary N) is 1. The minimum atomic E-state index is 0. The van der Waals surface area contributed by atoms with Gasteiger partial charge in [-0.15, -0.1) is 12.4 Å². The van der Waals surface area contributed by atoms with Crippen molar-refractivity contribution in [1.82, 2.24) is 0 Å². The van der Waals surface area contributed by atoms with Crippen LogP contribution < -0.4 is 5.73 Å². The van der Waals surface area contributed by atoms with Crippen LogP contribution in [0.4, 0.5) is 0 Å². The lowest BCUT2D eigenvalue weighted by atomic mass is 9.69. The molecule has 0 heterocycles. The quantitative estimate of drug-likeness (QED) is 0.603. The van der Waals surface area contributed by atoms with Gasteiger partial charge >= 0.3 is 0 Å². The molecule has 1 nitrogen and oxygen atoms in total. The fourth-order valence-corrected chi connectivity index (χ4v) is 2.32. The summed E-state index contributed by atoms with van der Waals surface area (Å²) in [6, 6.07) is 0. The molecule has 2 bridgehead atoms. The van der Waals surface area contributed by atoms with Crippen molar-refractivity contribution in [3.63, 3.8) is 0 Å². The van der Waals surface area contributed by atoms with E-state index in [9.17, 15) is 0 Å². The molecule has 3 aliphatic rings. The first-order chi connectivity index (χ1) is 4.90. The third-order valence-corrected chi connectivity index (χ3v) is 3.02. The first-order valence-electron chi connectivity index (χ1n) is 4.28. The number of allylic oxidation sites excluding steroid dienone is 2. The Bertz CT molecular complexity index is 156. The molecule has 2 heteroatoms. The van der Waals surface area contributed by atoms with E-state index in [1.54, 1.807) is 0 Å². The van der Waals surface area contributed by atoms with E-state index in [1.165, 1.54) is 19.3 Å². The molecule has 3 atom stereocenters. The second kappa shape index (κ2) is 3.59. The van der Waals surface area contributed by atoms with Crippen molar-refractivity contribution >= 4 is 12.4 Å². The monoisotopic (exact) mass is 173 g/mol. The Morgan fingerprint density at radius 1 is 1.27 bits per heavy atom. The largest absolute Gasteiger partial charge is 0.330 e. The van der Waals surface area contributed by atoms with E-state index in [4.69, 9.17) is 5.73 Å². The summed E-state index contributed by atoms with van der Waals surface area (Å²) in [7, 11) is 0. The van der Waals surface area contributed by atoms with Gasteiger partial charge in [0, 0.05) is 0 Å². The second-order valence-corrected chi connectivity index (χ2v) is 3.62. The molecule has 2 N–H and O–H groups in total. The highest BCUT2D eigenvalue weighted by atomic mass is 35.5. The van der Waals surface area contributed by atoms with E-state index in [1.807, 2.05) is 0 Å². The normalized spacial score (nSPS) is 40.3. The molecule has 3 aliphatic carbocycles. The molecule has 0 aliphatic heterocycles. The Morgan fingerprint density at radius 3 is 2.36 bits per heavy atom. The van der Waals surface area contributed by atoms with Gasteiger partial charge in [-0.1, -0.05) is 12.2 Å². The van der Waals surface area contributed by atoms with E-state index in [0.29, 0.717) is 0 Å². The van der Waals surface area contributed by atoms with E-state index in [-0.39, 0.29) is 12.4 Å². The van der Waals surface area contributed by atoms with Gasteiger partial charge in [0.1, 0.15) is 0 Å². The van der Waals surface area contributed by atoms with Crippen LogP contribution in [0.3, 0.4) is 0 Å². The molecule has 0 aromatic heterocycles. The number of fused-ring (bicyclic) bond motifs is 2. The van der Waals surface area contributed by atoms with E-state index < -0.39 is 0 Å². The van der Waals surface area contributed by atoms with Crippen LogP contribution in [0.1, 0.15) is 19.3 Å². The second-order valence-electron chi connectivity index (χ2n) is 3.62. The Labute approximate surface area is 74.5 Å². The first-order valence-corrected chi connectivity index (χ1v) is 4.28. The SMILES string of the molecule is Cl.NCC1CC2C=CC1CC2. The maximum absolute atomic E-state index is 5.66. The van der Waals surface area contributed by atoms with Crippen LogP contribution in [-0.4, -0.2) is 6.54 Å². The zero-order chi connectivity index (χ0) is 6.97. The highest BCUT2D eigenvalue weighted by Crippen LogP contribution is 2.39. The smallest absolute Gasteiger partial charge is 0.00430 e. The van der Waals surface area contributed by atoms with Gasteiger partial charge < -0.3 is 5.73 Å². The molecule has 64 valence electrons. The molecule has 3 rings (SSSR count). The fraction of sp³-hybridized carbons (Fsp3) is 0.778. The van der Waals surface area contributed by atoms with Gasteiger partial charge in [-0.2, -0.15) is 0 Å². The number of rotatable bonds is 1. The van der Waals surface area contributed by atoms with Crippen LogP contribution >= 0.6 is 12.4 Å². The van der Waals surface area contributed by atoms with Crippen molar-refractivity contribution in [3.8, 4) is 0 Å². The lowest BCUT2D eigenvalue weighted by Crippen LogP contribution is -2.32. The zero-order valence-corrected chi connectivity index (χ0v) is 7.52. The lowest BCUT2D eigenvalue weighted by molar-refractivity contribution is 0.227. The summed E-state index contributed by atoms with van der Waals surface area (Å²) in [6.45, 7) is 0.894. The zero-order valence-electron chi connectivity index (χ0n) is 6.70. The molecule has 0 saturated heterocycles. The van der Waals surface area contributed by atoms with Crippen molar-refractivity contribution in [3.05, 3.63) is 12.2 Å². The third kappa shape index (κ3) is 1.60. The van der Waals surface area contributed by atoms with Crippen molar-refractivity contribution < 1.29 is 0 Å². The third-order valence-electron chi connectivity index (χ3n) is 3.02. The predicted molar refractivity (Wildman–Crippen MR) is 49.8 cm³/mol. The molecule has 1 saturated carbocycles. The van der Waals surface area contributed by atoms with Crippen molar-refractivity contribution in [2.75, 3.05) is 6.54 Å². The summed E-state index contributed by atoms with van der Waals surface area (Å²) >= 11 is 0. The molecule has 1 fully saturated rings. The van der Waals surface area contributed by atoms with Gasteiger partial charge in [-0.05, 0) is 43.6 Å². The Morgan fingerprint density at radius 2 is 2.09 bits per heavy atom. The Hall–Kier alpha value is -0.0100. The van der Waals surface area contributed by atoms with Gasteiger partial charge in [0.25, 0.3) is 0 Å². The van der Waals surface area contributed by atoms with Crippen LogP contribution in [0.15, 0.2) is 12.2 Å². The van der Waals surface area contributed by atoms with Crippen molar-refractivity contribution in [1.29, 1.82) is 0 Å². The van der Waals surface area contributed by atoms with E-state index in [0.717, 1.165) is 24.3 Å². The molecular weight excluding hydrogens is 158 g/mol.